The molecule has 0 bridgehead atoms. The third kappa shape index (κ3) is 17.1. The van der Waals surface area contributed by atoms with Crippen molar-refractivity contribution < 1.29 is 9.53 Å². The van der Waals surface area contributed by atoms with Gasteiger partial charge in [0.15, 0.2) is 0 Å². The fraction of sp³-hybridized carbons (Fsp3) is 0.903. The van der Waals surface area contributed by atoms with E-state index >= 15 is 0 Å². The second-order valence-corrected chi connectivity index (χ2v) is 12.4. The lowest BCUT2D eigenvalue weighted by Gasteiger charge is -2.32. The predicted octanol–water partition coefficient (Wildman–Crippen LogP) is 10.3. The first-order valence-corrected chi connectivity index (χ1v) is 16.0. The van der Waals surface area contributed by atoms with Crippen LogP contribution in [0.4, 0.5) is 0 Å². The first-order valence-electron chi connectivity index (χ1n) is 15.0. The van der Waals surface area contributed by atoms with Gasteiger partial charge in [0.2, 0.25) is 0 Å². The van der Waals surface area contributed by atoms with Gasteiger partial charge in [-0.3, -0.25) is 4.79 Å². The van der Waals surface area contributed by atoms with Gasteiger partial charge in [0, 0.05) is 11.0 Å². The van der Waals surface area contributed by atoms with Crippen molar-refractivity contribution in [3.8, 4) is 0 Å². The van der Waals surface area contributed by atoms with Crippen LogP contribution in [0, 0.1) is 11.8 Å². The SMILES string of the molecule is CCCCCCCCCCCCCCCCCCOC(=O)CCSC1C=C(C)CCC1C(C)C. The van der Waals surface area contributed by atoms with Crippen molar-refractivity contribution in [1.82, 2.24) is 0 Å². The molecule has 34 heavy (non-hydrogen) atoms. The van der Waals surface area contributed by atoms with E-state index in [2.05, 4.69) is 33.8 Å². The van der Waals surface area contributed by atoms with Gasteiger partial charge in [0.05, 0.1) is 13.0 Å². The van der Waals surface area contributed by atoms with Crippen LogP contribution in [-0.4, -0.2) is 23.6 Å². The summed E-state index contributed by atoms with van der Waals surface area (Å²) in [5, 5.41) is 0.571. The third-order valence-electron chi connectivity index (χ3n) is 7.48. The summed E-state index contributed by atoms with van der Waals surface area (Å²) in [6.45, 7) is 9.81. The normalized spacial score (nSPS) is 18.3. The molecule has 1 aliphatic rings. The second kappa shape index (κ2) is 21.8. The Morgan fingerprint density at radius 1 is 0.882 bits per heavy atom. The second-order valence-electron chi connectivity index (χ2n) is 11.1. The van der Waals surface area contributed by atoms with Crippen molar-refractivity contribution in [3.63, 3.8) is 0 Å². The van der Waals surface area contributed by atoms with Gasteiger partial charge in [-0.15, -0.1) is 0 Å². The molecule has 2 nitrogen and oxygen atoms in total. The largest absolute Gasteiger partial charge is 0.466 e. The van der Waals surface area contributed by atoms with E-state index < -0.39 is 0 Å². The Hall–Kier alpha value is -0.440. The van der Waals surface area contributed by atoms with Crippen LogP contribution in [0.1, 0.15) is 150 Å². The summed E-state index contributed by atoms with van der Waals surface area (Å²) < 4.78 is 5.48. The molecule has 3 heteroatoms. The third-order valence-corrected chi connectivity index (χ3v) is 8.79. The van der Waals surface area contributed by atoms with Gasteiger partial charge in [-0.1, -0.05) is 129 Å². The van der Waals surface area contributed by atoms with Gasteiger partial charge in [-0.2, -0.15) is 11.8 Å². The number of thioether (sulfide) groups is 1. The van der Waals surface area contributed by atoms with E-state index in [9.17, 15) is 4.79 Å². The highest BCUT2D eigenvalue weighted by Crippen LogP contribution is 2.36. The van der Waals surface area contributed by atoms with E-state index in [1.54, 1.807) is 0 Å². The molecule has 0 radical (unpaired) electrons. The molecule has 2 atom stereocenters. The average Bonchev–Trinajstić information content (AvgIpc) is 2.81. The van der Waals surface area contributed by atoms with Crippen LogP contribution in [0.3, 0.4) is 0 Å². The maximum Gasteiger partial charge on any atom is 0.306 e. The van der Waals surface area contributed by atoms with E-state index in [1.807, 2.05) is 11.8 Å². The summed E-state index contributed by atoms with van der Waals surface area (Å²) in [5.41, 5.74) is 1.51. The van der Waals surface area contributed by atoms with Crippen LogP contribution in [-0.2, 0) is 9.53 Å². The molecule has 200 valence electrons. The van der Waals surface area contributed by atoms with E-state index in [-0.39, 0.29) is 5.97 Å². The zero-order valence-corrected chi connectivity index (χ0v) is 24.2. The minimum atomic E-state index is -0.00827. The molecule has 0 aromatic heterocycles. The summed E-state index contributed by atoms with van der Waals surface area (Å²) in [7, 11) is 0. The lowest BCUT2D eigenvalue weighted by molar-refractivity contribution is -0.143. The minimum Gasteiger partial charge on any atom is -0.466 e. The fourth-order valence-electron chi connectivity index (χ4n) is 5.12. The fourth-order valence-corrected chi connectivity index (χ4v) is 6.70. The molecule has 0 N–H and O–H groups in total. The molecule has 0 amide bonds. The molecule has 0 heterocycles. The molecule has 0 saturated carbocycles. The van der Waals surface area contributed by atoms with Gasteiger partial charge in [0.1, 0.15) is 0 Å². The number of ether oxygens (including phenoxy) is 1. The van der Waals surface area contributed by atoms with E-state index in [4.69, 9.17) is 4.74 Å². The smallest absolute Gasteiger partial charge is 0.306 e. The highest BCUT2D eigenvalue weighted by molar-refractivity contribution is 8.00. The Balaban J connectivity index is 1.85. The molecule has 1 aliphatic carbocycles. The zero-order valence-electron chi connectivity index (χ0n) is 23.4. The number of rotatable bonds is 22. The summed E-state index contributed by atoms with van der Waals surface area (Å²) in [5.74, 6) is 2.33. The van der Waals surface area contributed by atoms with Crippen molar-refractivity contribution in [3.05, 3.63) is 11.6 Å². The predicted molar refractivity (Wildman–Crippen MR) is 153 cm³/mol. The van der Waals surface area contributed by atoms with Crippen molar-refractivity contribution >= 4 is 17.7 Å². The number of carbonyl (C=O) groups excluding carboxylic acids is 1. The molecular weight excluding hydrogens is 436 g/mol. The van der Waals surface area contributed by atoms with Gasteiger partial charge < -0.3 is 4.74 Å². The maximum absolute atomic E-state index is 12.1. The van der Waals surface area contributed by atoms with Crippen LogP contribution >= 0.6 is 11.8 Å². The van der Waals surface area contributed by atoms with Crippen LogP contribution in [0.2, 0.25) is 0 Å². The number of esters is 1. The van der Waals surface area contributed by atoms with Crippen molar-refractivity contribution in [2.45, 2.75) is 155 Å². The van der Waals surface area contributed by atoms with E-state index in [0.29, 0.717) is 24.2 Å². The van der Waals surface area contributed by atoms with Crippen molar-refractivity contribution in [1.29, 1.82) is 0 Å². The molecule has 0 aliphatic heterocycles. The number of unbranched alkanes of at least 4 members (excludes halogenated alkanes) is 15. The Morgan fingerprint density at radius 2 is 1.38 bits per heavy atom. The Labute approximate surface area is 217 Å². The molecule has 0 fully saturated rings. The Bertz CT molecular complexity index is 514. The number of hydrogen-bond acceptors (Lipinski definition) is 3. The quantitative estimate of drug-likeness (QED) is 0.0850. The number of allylic oxidation sites excluding steroid dienone is 1. The van der Waals surface area contributed by atoms with Gasteiger partial charge >= 0.3 is 5.97 Å². The standard InChI is InChI=1S/C31H58O2S/c1-5-6-7-8-9-10-11-12-13-14-15-16-17-18-19-20-24-33-31(32)23-25-34-30-26-28(4)21-22-29(30)27(2)3/h26-27,29-30H,5-25H2,1-4H3. The Kier molecular flexibility index (Phi) is 20.3. The van der Waals surface area contributed by atoms with Crippen LogP contribution in [0.5, 0.6) is 0 Å². The summed E-state index contributed by atoms with van der Waals surface area (Å²) >= 11 is 1.95. The lowest BCUT2D eigenvalue weighted by atomic mass is 9.82. The van der Waals surface area contributed by atoms with Gasteiger partial charge in [-0.05, 0) is 38.0 Å². The van der Waals surface area contributed by atoms with Crippen molar-refractivity contribution in [2.75, 3.05) is 12.4 Å². The first-order chi connectivity index (χ1) is 16.5. The summed E-state index contributed by atoms with van der Waals surface area (Å²) in [6.07, 6.45) is 27.4. The topological polar surface area (TPSA) is 26.3 Å². The van der Waals surface area contributed by atoms with Crippen LogP contribution < -0.4 is 0 Å². The molecule has 0 spiro atoms. The summed E-state index contributed by atoms with van der Waals surface area (Å²) in [6, 6.07) is 0. The van der Waals surface area contributed by atoms with Crippen LogP contribution in [0.25, 0.3) is 0 Å². The highest BCUT2D eigenvalue weighted by Gasteiger charge is 2.26. The lowest BCUT2D eigenvalue weighted by Crippen LogP contribution is -2.25. The average molecular weight is 495 g/mol. The summed E-state index contributed by atoms with van der Waals surface area (Å²) in [4.78, 5) is 12.1. The zero-order chi connectivity index (χ0) is 24.9. The molecule has 1 rings (SSSR count). The first kappa shape index (κ1) is 31.6. The number of carbonyl (C=O) groups is 1. The minimum absolute atomic E-state index is 0.00827. The van der Waals surface area contributed by atoms with E-state index in [1.165, 1.54) is 115 Å². The molecule has 0 saturated heterocycles. The molecule has 0 aromatic carbocycles. The molecular formula is C31H58O2S. The van der Waals surface area contributed by atoms with Gasteiger partial charge in [0.25, 0.3) is 0 Å². The monoisotopic (exact) mass is 494 g/mol. The number of hydrogen-bond donors (Lipinski definition) is 0. The van der Waals surface area contributed by atoms with Crippen molar-refractivity contribution in [2.24, 2.45) is 11.8 Å². The highest BCUT2D eigenvalue weighted by atomic mass is 32.2. The molecule has 0 aromatic rings. The van der Waals surface area contributed by atoms with Crippen LogP contribution in [0.15, 0.2) is 11.6 Å². The Morgan fingerprint density at radius 3 is 1.88 bits per heavy atom. The maximum atomic E-state index is 12.1. The van der Waals surface area contributed by atoms with Gasteiger partial charge in [-0.25, -0.2) is 0 Å². The molecule has 2 unspecified atom stereocenters. The van der Waals surface area contributed by atoms with E-state index in [0.717, 1.165) is 18.1 Å².